The summed E-state index contributed by atoms with van der Waals surface area (Å²) in [6.07, 6.45) is 1.48. The van der Waals surface area contributed by atoms with Crippen LogP contribution in [-0.2, 0) is 9.53 Å². The molecule has 0 aliphatic heterocycles. The van der Waals surface area contributed by atoms with Crippen LogP contribution in [0, 0.1) is 11.3 Å². The molecule has 5 heteroatoms. The minimum absolute atomic E-state index is 0.0879. The van der Waals surface area contributed by atoms with Crippen molar-refractivity contribution in [1.29, 1.82) is 0 Å². The zero-order valence-electron chi connectivity index (χ0n) is 12.4. The molecule has 0 heterocycles. The number of hydrogen-bond acceptors (Lipinski definition) is 3. The van der Waals surface area contributed by atoms with Crippen molar-refractivity contribution in [2.24, 2.45) is 11.3 Å². The third-order valence-electron chi connectivity index (χ3n) is 3.84. The molecule has 1 rings (SSSR count). The molecule has 1 saturated carbocycles. The predicted molar refractivity (Wildman–Crippen MR) is 71.9 cm³/mol. The molecule has 1 aliphatic rings. The summed E-state index contributed by atoms with van der Waals surface area (Å²) in [6.45, 7) is 9.16. The fraction of sp³-hybridized carbons (Fsp3) is 0.857. The Hall–Kier alpha value is -1.26. The first-order valence-corrected chi connectivity index (χ1v) is 6.81. The lowest BCUT2D eigenvalue weighted by molar-refractivity contribution is -0.150. The van der Waals surface area contributed by atoms with Gasteiger partial charge in [-0.05, 0) is 46.5 Å². The molecule has 0 spiro atoms. The van der Waals surface area contributed by atoms with E-state index in [-0.39, 0.29) is 12.0 Å². The van der Waals surface area contributed by atoms with E-state index in [2.05, 4.69) is 5.32 Å². The standard InChI is InChI=1S/C14H25NO4/c1-6-9-7-10(8-14(9,5)11(16)17)15-12(18)19-13(2,3)4/h9-10H,6-8H2,1-5H3,(H,15,18)(H,16,17)/t9-,10+,14+/m1/s1. The van der Waals surface area contributed by atoms with Crippen LogP contribution in [0.25, 0.3) is 0 Å². The molecule has 0 aromatic rings. The zero-order chi connectivity index (χ0) is 14.8. The van der Waals surface area contributed by atoms with Gasteiger partial charge in [-0.3, -0.25) is 4.79 Å². The van der Waals surface area contributed by atoms with E-state index in [1.165, 1.54) is 0 Å². The summed E-state index contributed by atoms with van der Waals surface area (Å²) in [5, 5.41) is 12.2. The van der Waals surface area contributed by atoms with Crippen molar-refractivity contribution in [1.82, 2.24) is 5.32 Å². The van der Waals surface area contributed by atoms with Crippen molar-refractivity contribution >= 4 is 12.1 Å². The van der Waals surface area contributed by atoms with Gasteiger partial charge in [0.05, 0.1) is 5.41 Å². The summed E-state index contributed by atoms with van der Waals surface area (Å²) in [5.74, 6) is -0.697. The van der Waals surface area contributed by atoms with Crippen LogP contribution in [-0.4, -0.2) is 28.8 Å². The van der Waals surface area contributed by atoms with Gasteiger partial charge in [-0.1, -0.05) is 13.3 Å². The monoisotopic (exact) mass is 271 g/mol. The van der Waals surface area contributed by atoms with E-state index in [1.54, 1.807) is 27.7 Å². The van der Waals surface area contributed by atoms with Gasteiger partial charge in [-0.2, -0.15) is 0 Å². The van der Waals surface area contributed by atoms with Crippen molar-refractivity contribution in [3.05, 3.63) is 0 Å². The largest absolute Gasteiger partial charge is 0.481 e. The third kappa shape index (κ3) is 3.85. The lowest BCUT2D eigenvalue weighted by Gasteiger charge is -2.25. The molecular formula is C14H25NO4. The highest BCUT2D eigenvalue weighted by atomic mass is 16.6. The lowest BCUT2D eigenvalue weighted by Crippen LogP contribution is -2.39. The van der Waals surface area contributed by atoms with Gasteiger partial charge < -0.3 is 15.2 Å². The molecule has 0 unspecified atom stereocenters. The van der Waals surface area contributed by atoms with Crippen LogP contribution in [0.1, 0.15) is 53.9 Å². The molecule has 0 saturated heterocycles. The number of hydrogen-bond donors (Lipinski definition) is 2. The van der Waals surface area contributed by atoms with Crippen molar-refractivity contribution in [3.8, 4) is 0 Å². The number of ether oxygens (including phenoxy) is 1. The number of alkyl carbamates (subject to hydrolysis) is 1. The van der Waals surface area contributed by atoms with Crippen LogP contribution in [0.5, 0.6) is 0 Å². The Morgan fingerprint density at radius 3 is 2.37 bits per heavy atom. The van der Waals surface area contributed by atoms with Crippen LogP contribution >= 0.6 is 0 Å². The molecule has 0 aromatic carbocycles. The third-order valence-corrected chi connectivity index (χ3v) is 3.84. The van der Waals surface area contributed by atoms with Gasteiger partial charge in [0.25, 0.3) is 0 Å². The van der Waals surface area contributed by atoms with Crippen LogP contribution in [0.3, 0.4) is 0 Å². The summed E-state index contributed by atoms with van der Waals surface area (Å²) in [7, 11) is 0. The van der Waals surface area contributed by atoms with E-state index in [4.69, 9.17) is 4.74 Å². The van der Waals surface area contributed by atoms with E-state index in [9.17, 15) is 14.7 Å². The fourth-order valence-corrected chi connectivity index (χ4v) is 2.83. The Bertz CT molecular complexity index is 361. The summed E-state index contributed by atoms with van der Waals surface area (Å²) >= 11 is 0. The van der Waals surface area contributed by atoms with Gasteiger partial charge in [0.15, 0.2) is 0 Å². The average molecular weight is 271 g/mol. The minimum atomic E-state index is -0.784. The molecule has 1 fully saturated rings. The average Bonchev–Trinajstić information content (AvgIpc) is 2.53. The van der Waals surface area contributed by atoms with Gasteiger partial charge in [-0.15, -0.1) is 0 Å². The predicted octanol–water partition coefficient (Wildman–Crippen LogP) is 2.79. The Morgan fingerprint density at radius 2 is 2.00 bits per heavy atom. The van der Waals surface area contributed by atoms with Crippen molar-refractivity contribution in [3.63, 3.8) is 0 Å². The summed E-state index contributed by atoms with van der Waals surface area (Å²) in [4.78, 5) is 23.1. The number of carbonyl (C=O) groups excluding carboxylic acids is 1. The Labute approximate surface area is 114 Å². The number of amides is 1. The van der Waals surface area contributed by atoms with E-state index in [0.29, 0.717) is 12.8 Å². The molecule has 2 N–H and O–H groups in total. The fourth-order valence-electron chi connectivity index (χ4n) is 2.83. The minimum Gasteiger partial charge on any atom is -0.481 e. The second-order valence-electron chi connectivity index (χ2n) is 6.61. The summed E-state index contributed by atoms with van der Waals surface area (Å²) in [5.41, 5.74) is -1.29. The highest BCUT2D eigenvalue weighted by Crippen LogP contribution is 2.45. The molecule has 0 bridgehead atoms. The quantitative estimate of drug-likeness (QED) is 0.827. The first-order valence-electron chi connectivity index (χ1n) is 6.81. The molecule has 0 radical (unpaired) electrons. The number of carbonyl (C=O) groups is 2. The Kier molecular flexibility index (Phi) is 4.48. The second kappa shape index (κ2) is 5.39. The maximum atomic E-state index is 11.7. The number of rotatable bonds is 3. The van der Waals surface area contributed by atoms with Gasteiger partial charge in [0, 0.05) is 6.04 Å². The number of carboxylic acid groups (broad SMARTS) is 1. The first kappa shape index (κ1) is 15.8. The topological polar surface area (TPSA) is 75.6 Å². The van der Waals surface area contributed by atoms with E-state index < -0.39 is 23.1 Å². The lowest BCUT2D eigenvalue weighted by atomic mass is 9.78. The van der Waals surface area contributed by atoms with Crippen LogP contribution in [0.2, 0.25) is 0 Å². The van der Waals surface area contributed by atoms with Gasteiger partial charge in [0.1, 0.15) is 5.60 Å². The number of carboxylic acids is 1. The number of nitrogens with one attached hydrogen (secondary N) is 1. The summed E-state index contributed by atoms with van der Waals surface area (Å²) in [6, 6.07) is -0.124. The maximum Gasteiger partial charge on any atom is 0.407 e. The first-order chi connectivity index (χ1) is 8.58. The van der Waals surface area contributed by atoms with Crippen molar-refractivity contribution in [2.75, 3.05) is 0 Å². The molecule has 5 nitrogen and oxygen atoms in total. The van der Waals surface area contributed by atoms with E-state index in [0.717, 1.165) is 6.42 Å². The Balaban J connectivity index is 2.64. The molecule has 3 atom stereocenters. The van der Waals surface area contributed by atoms with Gasteiger partial charge >= 0.3 is 12.1 Å². The molecule has 0 aromatic heterocycles. The van der Waals surface area contributed by atoms with Crippen molar-refractivity contribution in [2.45, 2.75) is 65.5 Å². The second-order valence-corrected chi connectivity index (χ2v) is 6.61. The summed E-state index contributed by atoms with van der Waals surface area (Å²) < 4.78 is 5.20. The molecule has 1 amide bonds. The molecule has 19 heavy (non-hydrogen) atoms. The SMILES string of the molecule is CC[C@@H]1C[C@H](NC(=O)OC(C)(C)C)C[C@]1(C)C(=O)O. The normalized spacial score (nSPS) is 31.0. The molecule has 1 aliphatic carbocycles. The van der Waals surface area contributed by atoms with Crippen LogP contribution < -0.4 is 5.32 Å². The Morgan fingerprint density at radius 1 is 1.42 bits per heavy atom. The highest BCUT2D eigenvalue weighted by Gasteiger charge is 2.48. The highest BCUT2D eigenvalue weighted by molar-refractivity contribution is 5.75. The number of aliphatic carboxylic acids is 1. The van der Waals surface area contributed by atoms with Gasteiger partial charge in [-0.25, -0.2) is 4.79 Å². The maximum absolute atomic E-state index is 11.7. The van der Waals surface area contributed by atoms with Crippen LogP contribution in [0.15, 0.2) is 0 Å². The van der Waals surface area contributed by atoms with Gasteiger partial charge in [0.2, 0.25) is 0 Å². The van der Waals surface area contributed by atoms with E-state index in [1.807, 2.05) is 6.92 Å². The van der Waals surface area contributed by atoms with E-state index >= 15 is 0 Å². The van der Waals surface area contributed by atoms with Crippen molar-refractivity contribution < 1.29 is 19.4 Å². The molecular weight excluding hydrogens is 246 g/mol. The molecule has 110 valence electrons. The zero-order valence-corrected chi connectivity index (χ0v) is 12.4. The smallest absolute Gasteiger partial charge is 0.407 e. The van der Waals surface area contributed by atoms with Crippen LogP contribution in [0.4, 0.5) is 4.79 Å².